The molecule has 0 spiro atoms. The van der Waals surface area contributed by atoms with E-state index in [0.29, 0.717) is 11.1 Å². The summed E-state index contributed by atoms with van der Waals surface area (Å²) in [7, 11) is 0. The first-order valence-electron chi connectivity index (χ1n) is 6.50. The summed E-state index contributed by atoms with van der Waals surface area (Å²) in [6.45, 7) is 0. The van der Waals surface area contributed by atoms with Gasteiger partial charge in [-0.15, -0.1) is 0 Å². The first-order valence-corrected chi connectivity index (χ1v) is 6.50. The van der Waals surface area contributed by atoms with Crippen molar-refractivity contribution in [1.82, 2.24) is 15.0 Å². The highest BCUT2D eigenvalue weighted by Crippen LogP contribution is 2.22. The molecule has 22 heavy (non-hydrogen) atoms. The summed E-state index contributed by atoms with van der Waals surface area (Å²) >= 11 is 0. The Labute approximate surface area is 125 Å². The maximum absolute atomic E-state index is 12.2. The monoisotopic (exact) mass is 293 g/mol. The van der Waals surface area contributed by atoms with Gasteiger partial charge in [0.15, 0.2) is 5.56 Å². The second-order valence-electron chi connectivity index (χ2n) is 4.55. The van der Waals surface area contributed by atoms with Crippen LogP contribution < -0.4 is 5.56 Å². The number of carboxylic acids is 1. The molecule has 0 radical (unpaired) electrons. The fourth-order valence-corrected chi connectivity index (χ4v) is 2.12. The molecular weight excluding hydrogens is 282 g/mol. The number of hydrogen-bond acceptors (Lipinski definition) is 4. The summed E-state index contributed by atoms with van der Waals surface area (Å²) in [6, 6.07) is 12.2. The van der Waals surface area contributed by atoms with E-state index in [0.717, 1.165) is 0 Å². The van der Waals surface area contributed by atoms with Gasteiger partial charge in [0.1, 0.15) is 5.82 Å². The highest BCUT2D eigenvalue weighted by Gasteiger charge is 2.19. The first kappa shape index (κ1) is 13.7. The van der Waals surface area contributed by atoms with Crippen LogP contribution >= 0.6 is 0 Å². The van der Waals surface area contributed by atoms with Gasteiger partial charge in [0.25, 0.3) is 5.56 Å². The minimum atomic E-state index is -1.31. The second kappa shape index (κ2) is 5.61. The van der Waals surface area contributed by atoms with Gasteiger partial charge in [-0.25, -0.2) is 9.78 Å². The summed E-state index contributed by atoms with van der Waals surface area (Å²) < 4.78 is 0. The normalized spacial score (nSPS) is 10.4. The molecule has 0 fully saturated rings. The maximum Gasteiger partial charge on any atom is 0.343 e. The molecule has 0 aliphatic carbocycles. The zero-order chi connectivity index (χ0) is 15.5. The molecule has 0 unspecified atom stereocenters. The summed E-state index contributed by atoms with van der Waals surface area (Å²) in [5.41, 5.74) is 0.236. The molecule has 108 valence electrons. The highest BCUT2D eigenvalue weighted by molar-refractivity contribution is 5.94. The van der Waals surface area contributed by atoms with E-state index < -0.39 is 11.5 Å². The van der Waals surface area contributed by atoms with E-state index in [4.69, 9.17) is 0 Å². The number of rotatable bonds is 3. The molecule has 3 rings (SSSR count). The van der Waals surface area contributed by atoms with Gasteiger partial charge >= 0.3 is 5.97 Å². The Kier molecular flexibility index (Phi) is 3.49. The number of aromatic nitrogens is 3. The molecular formula is C16H11N3O3. The topological polar surface area (TPSA) is 95.9 Å². The van der Waals surface area contributed by atoms with Gasteiger partial charge in [0.05, 0.1) is 5.69 Å². The fourth-order valence-electron chi connectivity index (χ4n) is 2.12. The van der Waals surface area contributed by atoms with Crippen molar-refractivity contribution in [3.05, 3.63) is 70.8 Å². The van der Waals surface area contributed by atoms with Crippen molar-refractivity contribution in [2.45, 2.75) is 0 Å². The van der Waals surface area contributed by atoms with Crippen molar-refractivity contribution in [2.75, 3.05) is 0 Å². The number of aromatic amines is 1. The van der Waals surface area contributed by atoms with Crippen molar-refractivity contribution in [3.8, 4) is 22.6 Å². The van der Waals surface area contributed by atoms with Gasteiger partial charge in [-0.3, -0.25) is 9.78 Å². The van der Waals surface area contributed by atoms with E-state index >= 15 is 0 Å². The fraction of sp³-hybridized carbons (Fsp3) is 0. The zero-order valence-corrected chi connectivity index (χ0v) is 11.4. The van der Waals surface area contributed by atoms with Crippen molar-refractivity contribution in [3.63, 3.8) is 0 Å². The number of pyridine rings is 1. The van der Waals surface area contributed by atoms with Crippen LogP contribution in [-0.2, 0) is 0 Å². The number of nitrogens with zero attached hydrogens (tertiary/aromatic N) is 2. The van der Waals surface area contributed by atoms with E-state index in [2.05, 4.69) is 15.0 Å². The lowest BCUT2D eigenvalue weighted by Gasteiger charge is -2.08. The van der Waals surface area contributed by atoms with E-state index in [1.807, 2.05) is 0 Å². The van der Waals surface area contributed by atoms with E-state index in [1.54, 1.807) is 54.9 Å². The summed E-state index contributed by atoms with van der Waals surface area (Å²) in [5, 5.41) is 9.30. The number of carbonyl (C=O) groups is 1. The largest absolute Gasteiger partial charge is 0.477 e. The van der Waals surface area contributed by atoms with Crippen molar-refractivity contribution in [2.24, 2.45) is 0 Å². The number of H-pyrrole nitrogens is 1. The zero-order valence-electron chi connectivity index (χ0n) is 11.4. The van der Waals surface area contributed by atoms with Crippen LogP contribution in [0.5, 0.6) is 0 Å². The lowest BCUT2D eigenvalue weighted by molar-refractivity contribution is 0.0695. The molecule has 6 nitrogen and oxygen atoms in total. The summed E-state index contributed by atoms with van der Waals surface area (Å²) in [4.78, 5) is 34.3. The minimum absolute atomic E-state index is 0.135. The van der Waals surface area contributed by atoms with Crippen molar-refractivity contribution in [1.29, 1.82) is 0 Å². The van der Waals surface area contributed by atoms with Crippen LogP contribution in [0.25, 0.3) is 22.6 Å². The Morgan fingerprint density at radius 2 is 1.77 bits per heavy atom. The number of aromatic carboxylic acids is 1. The van der Waals surface area contributed by atoms with Crippen LogP contribution in [0.3, 0.4) is 0 Å². The Hall–Kier alpha value is -3.28. The lowest BCUT2D eigenvalue weighted by atomic mass is 10.1. The maximum atomic E-state index is 12.2. The second-order valence-corrected chi connectivity index (χ2v) is 4.55. The van der Waals surface area contributed by atoms with E-state index in [-0.39, 0.29) is 17.1 Å². The summed E-state index contributed by atoms with van der Waals surface area (Å²) in [6.07, 6.45) is 3.15. The van der Waals surface area contributed by atoms with Gasteiger partial charge in [-0.05, 0) is 12.1 Å². The third-order valence-corrected chi connectivity index (χ3v) is 3.12. The highest BCUT2D eigenvalue weighted by atomic mass is 16.4. The standard InChI is InChI=1S/C16H11N3O3/c20-15-12(16(21)22)13(10-5-2-1-3-6-10)18-14(19-15)11-7-4-8-17-9-11/h1-9H,(H,21,22)(H,18,19,20). The SMILES string of the molecule is O=C(O)c1c(-c2ccccc2)nc(-c2cccnc2)[nH]c1=O. The number of benzene rings is 1. The predicted molar refractivity (Wildman–Crippen MR) is 80.5 cm³/mol. The molecule has 0 saturated carbocycles. The van der Waals surface area contributed by atoms with E-state index in [1.165, 1.54) is 0 Å². The lowest BCUT2D eigenvalue weighted by Crippen LogP contribution is -2.21. The molecule has 1 aromatic carbocycles. The quantitative estimate of drug-likeness (QED) is 0.771. The van der Waals surface area contributed by atoms with Crippen LogP contribution in [0.2, 0.25) is 0 Å². The van der Waals surface area contributed by atoms with Crippen molar-refractivity contribution >= 4 is 5.97 Å². The Bertz CT molecular complexity index is 874. The number of nitrogens with one attached hydrogen (secondary N) is 1. The average Bonchev–Trinajstić information content (AvgIpc) is 2.55. The third-order valence-electron chi connectivity index (χ3n) is 3.12. The third kappa shape index (κ3) is 2.49. The molecule has 0 saturated heterocycles. The molecule has 0 aliphatic rings. The van der Waals surface area contributed by atoms with Crippen LogP contribution in [0.1, 0.15) is 10.4 Å². The van der Waals surface area contributed by atoms with Gasteiger partial charge in [0, 0.05) is 23.5 Å². The van der Waals surface area contributed by atoms with Crippen LogP contribution in [0.15, 0.2) is 59.7 Å². The molecule has 0 atom stereocenters. The van der Waals surface area contributed by atoms with Crippen LogP contribution in [0.4, 0.5) is 0 Å². The Morgan fingerprint density at radius 3 is 2.41 bits per heavy atom. The first-order chi connectivity index (χ1) is 10.7. The molecule has 3 aromatic rings. The van der Waals surface area contributed by atoms with Gasteiger partial charge in [-0.2, -0.15) is 0 Å². The average molecular weight is 293 g/mol. The van der Waals surface area contributed by atoms with Crippen molar-refractivity contribution < 1.29 is 9.90 Å². The molecule has 2 heterocycles. The van der Waals surface area contributed by atoms with Gasteiger partial charge in [-0.1, -0.05) is 30.3 Å². The summed E-state index contributed by atoms with van der Waals surface area (Å²) in [5.74, 6) is -1.03. The Balaban J connectivity index is 2.29. The molecule has 6 heteroatoms. The molecule has 0 amide bonds. The molecule has 2 aromatic heterocycles. The number of hydrogen-bond donors (Lipinski definition) is 2. The molecule has 2 N–H and O–H groups in total. The van der Waals surface area contributed by atoms with Crippen LogP contribution in [-0.4, -0.2) is 26.0 Å². The van der Waals surface area contributed by atoms with Gasteiger partial charge in [0.2, 0.25) is 0 Å². The van der Waals surface area contributed by atoms with Crippen LogP contribution in [0, 0.1) is 0 Å². The Morgan fingerprint density at radius 1 is 1.05 bits per heavy atom. The predicted octanol–water partition coefficient (Wildman–Crippen LogP) is 2.20. The minimum Gasteiger partial charge on any atom is -0.477 e. The molecule has 0 aliphatic heterocycles. The van der Waals surface area contributed by atoms with E-state index in [9.17, 15) is 14.7 Å². The van der Waals surface area contributed by atoms with Gasteiger partial charge < -0.3 is 10.1 Å². The number of carboxylic acid groups (broad SMARTS) is 1. The molecule has 0 bridgehead atoms. The smallest absolute Gasteiger partial charge is 0.343 e.